The van der Waals surface area contributed by atoms with Gasteiger partial charge in [-0.1, -0.05) is 18.2 Å². The largest absolute Gasteiger partial charge is 0.349 e. The molecule has 0 aliphatic rings. The van der Waals surface area contributed by atoms with E-state index in [1.807, 2.05) is 26.4 Å². The molecule has 4 heteroatoms. The summed E-state index contributed by atoms with van der Waals surface area (Å²) in [5, 5.41) is 1.28. The summed E-state index contributed by atoms with van der Waals surface area (Å²) in [6.07, 6.45) is 9.41. The molecule has 0 N–H and O–H groups in total. The van der Waals surface area contributed by atoms with Gasteiger partial charge in [-0.25, -0.2) is 0 Å². The minimum absolute atomic E-state index is 0.202. The molecule has 24 heavy (non-hydrogen) atoms. The number of fused-ring (bicyclic) bond motifs is 1. The first kappa shape index (κ1) is 16.2. The van der Waals surface area contributed by atoms with Crippen molar-refractivity contribution < 1.29 is 4.79 Å². The van der Waals surface area contributed by atoms with Crippen molar-refractivity contribution in [3.05, 3.63) is 60.6 Å². The number of nitrogens with zero attached hydrogens (tertiary/aromatic N) is 3. The van der Waals surface area contributed by atoms with Crippen LogP contribution in [0.15, 0.2) is 55.0 Å². The maximum atomic E-state index is 11.7. The Morgan fingerprint density at radius 2 is 1.96 bits per heavy atom. The Kier molecular flexibility index (Phi) is 4.94. The highest BCUT2D eigenvalue weighted by Crippen LogP contribution is 2.26. The zero-order valence-corrected chi connectivity index (χ0v) is 14.3. The zero-order chi connectivity index (χ0) is 16.9. The summed E-state index contributed by atoms with van der Waals surface area (Å²) in [6, 6.07) is 12.5. The maximum absolute atomic E-state index is 11.7. The minimum atomic E-state index is 0.202. The van der Waals surface area contributed by atoms with Crippen LogP contribution < -0.4 is 0 Å². The normalized spacial score (nSPS) is 10.9. The number of hydrogen-bond acceptors (Lipinski definition) is 2. The van der Waals surface area contributed by atoms with E-state index < -0.39 is 0 Å². The average Bonchev–Trinajstić information content (AvgIpc) is 2.98. The zero-order valence-electron chi connectivity index (χ0n) is 14.3. The van der Waals surface area contributed by atoms with Crippen molar-refractivity contribution in [3.63, 3.8) is 0 Å². The van der Waals surface area contributed by atoms with E-state index in [1.165, 1.54) is 16.5 Å². The van der Waals surface area contributed by atoms with Gasteiger partial charge in [-0.15, -0.1) is 0 Å². The van der Waals surface area contributed by atoms with Gasteiger partial charge in [0, 0.05) is 38.3 Å². The fourth-order valence-corrected chi connectivity index (χ4v) is 2.97. The van der Waals surface area contributed by atoms with Crippen molar-refractivity contribution >= 4 is 16.8 Å². The van der Waals surface area contributed by atoms with Crippen molar-refractivity contribution in [1.82, 2.24) is 14.5 Å². The average molecular weight is 321 g/mol. The van der Waals surface area contributed by atoms with Gasteiger partial charge in [-0.05, 0) is 43.0 Å². The summed E-state index contributed by atoms with van der Waals surface area (Å²) in [7, 11) is 3.62. The molecule has 0 spiro atoms. The molecule has 0 saturated heterocycles. The van der Waals surface area contributed by atoms with Crippen LogP contribution in [-0.2, 0) is 11.2 Å². The lowest BCUT2D eigenvalue weighted by Gasteiger charge is -2.09. The number of pyridine rings is 1. The Balaban J connectivity index is 1.78. The Bertz CT molecular complexity index is 821. The molecular formula is C20H23N3O. The molecule has 3 rings (SSSR count). The van der Waals surface area contributed by atoms with Crippen LogP contribution in [0.1, 0.15) is 24.8 Å². The van der Waals surface area contributed by atoms with Crippen LogP contribution in [-0.4, -0.2) is 34.5 Å². The van der Waals surface area contributed by atoms with Crippen LogP contribution in [0.4, 0.5) is 0 Å². The molecule has 0 aliphatic carbocycles. The lowest BCUT2D eigenvalue weighted by Crippen LogP contribution is -2.21. The first-order valence-electron chi connectivity index (χ1n) is 8.36. The van der Waals surface area contributed by atoms with E-state index in [2.05, 4.69) is 46.1 Å². The maximum Gasteiger partial charge on any atom is 0.222 e. The number of carbonyl (C=O) groups is 1. The standard InChI is InChI=1S/C20H23N3O/c1-22(2)20(24)12-6-3-8-16-15-23(17-9-7-13-21-14-17)19-11-5-4-10-18(16)19/h4-5,7,9-11,13-15H,3,6,8,12H2,1-2H3. The van der Waals surface area contributed by atoms with Crippen LogP contribution in [0, 0.1) is 0 Å². The van der Waals surface area contributed by atoms with E-state index >= 15 is 0 Å². The molecule has 0 saturated carbocycles. The number of carbonyl (C=O) groups excluding carboxylic acids is 1. The topological polar surface area (TPSA) is 38.1 Å². The smallest absolute Gasteiger partial charge is 0.222 e. The summed E-state index contributed by atoms with van der Waals surface area (Å²) >= 11 is 0. The van der Waals surface area contributed by atoms with Crippen molar-refractivity contribution in [1.29, 1.82) is 0 Å². The first-order valence-corrected chi connectivity index (χ1v) is 8.36. The summed E-state index contributed by atoms with van der Waals surface area (Å²) in [6.45, 7) is 0. The predicted octanol–water partition coefficient (Wildman–Crippen LogP) is 3.83. The molecule has 3 aromatic rings. The number of aryl methyl sites for hydroxylation is 1. The molecule has 2 heterocycles. The highest BCUT2D eigenvalue weighted by atomic mass is 16.2. The van der Waals surface area contributed by atoms with Gasteiger partial charge in [0.25, 0.3) is 0 Å². The summed E-state index contributed by atoms with van der Waals surface area (Å²) < 4.78 is 2.20. The molecule has 0 aliphatic heterocycles. The van der Waals surface area contributed by atoms with E-state index in [0.29, 0.717) is 6.42 Å². The molecule has 1 amide bonds. The fourth-order valence-electron chi connectivity index (χ4n) is 2.97. The van der Waals surface area contributed by atoms with Crippen molar-refractivity contribution in [2.75, 3.05) is 14.1 Å². The van der Waals surface area contributed by atoms with Crippen LogP contribution in [0.5, 0.6) is 0 Å². The molecule has 0 radical (unpaired) electrons. The second-order valence-corrected chi connectivity index (χ2v) is 6.25. The van der Waals surface area contributed by atoms with E-state index in [-0.39, 0.29) is 5.91 Å². The quantitative estimate of drug-likeness (QED) is 0.647. The van der Waals surface area contributed by atoms with Gasteiger partial charge in [0.05, 0.1) is 17.4 Å². The SMILES string of the molecule is CN(C)C(=O)CCCCc1cn(-c2cccnc2)c2ccccc12. The minimum Gasteiger partial charge on any atom is -0.349 e. The van der Waals surface area contributed by atoms with Gasteiger partial charge in [-0.3, -0.25) is 9.78 Å². The van der Waals surface area contributed by atoms with Crippen molar-refractivity contribution in [3.8, 4) is 5.69 Å². The summed E-state index contributed by atoms with van der Waals surface area (Å²) in [4.78, 5) is 17.6. The van der Waals surface area contributed by atoms with Gasteiger partial charge in [0.15, 0.2) is 0 Å². The number of para-hydroxylation sites is 1. The van der Waals surface area contributed by atoms with Crippen LogP contribution >= 0.6 is 0 Å². The van der Waals surface area contributed by atoms with Gasteiger partial charge in [0.2, 0.25) is 5.91 Å². The molecule has 0 atom stereocenters. The lowest BCUT2D eigenvalue weighted by molar-refractivity contribution is -0.128. The van der Waals surface area contributed by atoms with Crippen molar-refractivity contribution in [2.24, 2.45) is 0 Å². The van der Waals surface area contributed by atoms with Gasteiger partial charge in [0.1, 0.15) is 0 Å². The number of aromatic nitrogens is 2. The van der Waals surface area contributed by atoms with Crippen LogP contribution in [0.2, 0.25) is 0 Å². The molecule has 124 valence electrons. The van der Waals surface area contributed by atoms with E-state index in [9.17, 15) is 4.79 Å². The molecule has 1 aromatic carbocycles. The molecule has 0 bridgehead atoms. The summed E-state index contributed by atoms with van der Waals surface area (Å²) in [5.74, 6) is 0.202. The molecule has 4 nitrogen and oxygen atoms in total. The molecule has 0 fully saturated rings. The predicted molar refractivity (Wildman–Crippen MR) is 97.3 cm³/mol. The van der Waals surface area contributed by atoms with Crippen LogP contribution in [0.3, 0.4) is 0 Å². The van der Waals surface area contributed by atoms with Gasteiger partial charge in [-0.2, -0.15) is 0 Å². The van der Waals surface area contributed by atoms with Crippen molar-refractivity contribution in [2.45, 2.75) is 25.7 Å². The van der Waals surface area contributed by atoms with E-state index in [4.69, 9.17) is 0 Å². The second kappa shape index (κ2) is 7.30. The molecule has 2 aromatic heterocycles. The Hall–Kier alpha value is -2.62. The monoisotopic (exact) mass is 321 g/mol. The number of unbranched alkanes of at least 4 members (excludes halogenated alkanes) is 1. The fraction of sp³-hybridized carbons (Fsp3) is 0.300. The lowest BCUT2D eigenvalue weighted by atomic mass is 10.1. The molecular weight excluding hydrogens is 298 g/mol. The Morgan fingerprint density at radius 3 is 2.71 bits per heavy atom. The highest BCUT2D eigenvalue weighted by Gasteiger charge is 2.10. The molecule has 0 unspecified atom stereocenters. The Labute approximate surface area is 142 Å². The second-order valence-electron chi connectivity index (χ2n) is 6.25. The van der Waals surface area contributed by atoms with Crippen LogP contribution in [0.25, 0.3) is 16.6 Å². The third-order valence-corrected chi connectivity index (χ3v) is 4.30. The number of amides is 1. The third kappa shape index (κ3) is 3.48. The number of rotatable bonds is 6. The highest BCUT2D eigenvalue weighted by molar-refractivity contribution is 5.85. The summed E-state index contributed by atoms with van der Waals surface area (Å²) in [5.41, 5.74) is 3.60. The first-order chi connectivity index (χ1) is 11.7. The van der Waals surface area contributed by atoms with Gasteiger partial charge >= 0.3 is 0 Å². The van der Waals surface area contributed by atoms with Gasteiger partial charge < -0.3 is 9.47 Å². The third-order valence-electron chi connectivity index (χ3n) is 4.30. The Morgan fingerprint density at radius 1 is 1.12 bits per heavy atom. The van der Waals surface area contributed by atoms with E-state index in [1.54, 1.807) is 11.1 Å². The van der Waals surface area contributed by atoms with E-state index in [0.717, 1.165) is 24.9 Å². The number of hydrogen-bond donors (Lipinski definition) is 0. The number of benzene rings is 1.